The quantitative estimate of drug-likeness (QED) is 0.816. The molecule has 1 fully saturated rings. The third-order valence-corrected chi connectivity index (χ3v) is 4.45. The van der Waals surface area contributed by atoms with Gasteiger partial charge in [0.2, 0.25) is 5.91 Å². The van der Waals surface area contributed by atoms with Gasteiger partial charge in [0.05, 0.1) is 19.1 Å². The van der Waals surface area contributed by atoms with Crippen LogP contribution in [0.25, 0.3) is 0 Å². The normalized spacial score (nSPS) is 19.4. The summed E-state index contributed by atoms with van der Waals surface area (Å²) in [6.45, 7) is 0. The van der Waals surface area contributed by atoms with Gasteiger partial charge in [0.15, 0.2) is 0 Å². The third kappa shape index (κ3) is 3.33. The number of methoxy groups -OCH3 is 1. The van der Waals surface area contributed by atoms with Crippen LogP contribution in [0.4, 0.5) is 10.1 Å². The second-order valence-corrected chi connectivity index (χ2v) is 5.94. The number of ether oxygens (including phenoxy) is 1. The van der Waals surface area contributed by atoms with Crippen molar-refractivity contribution in [3.8, 4) is 5.75 Å². The van der Waals surface area contributed by atoms with Gasteiger partial charge in [-0.05, 0) is 48.4 Å². The van der Waals surface area contributed by atoms with Crippen molar-refractivity contribution in [2.75, 3.05) is 12.0 Å². The van der Waals surface area contributed by atoms with Gasteiger partial charge in [0.25, 0.3) is 0 Å². The summed E-state index contributed by atoms with van der Waals surface area (Å²) in [6, 6.07) is 12.8. The molecule has 1 saturated heterocycles. The largest absolute Gasteiger partial charge is 0.497 e. The molecular weight excluding hydrogens is 325 g/mol. The maximum absolute atomic E-state index is 13.2. The maximum atomic E-state index is 13.2. The topological polar surface area (TPSA) is 66.8 Å². The number of carboxylic acids is 1. The maximum Gasteiger partial charge on any atom is 0.303 e. The van der Waals surface area contributed by atoms with E-state index in [2.05, 4.69) is 0 Å². The molecule has 1 N–H and O–H groups in total. The first-order chi connectivity index (χ1) is 12.0. The molecule has 1 heterocycles. The summed E-state index contributed by atoms with van der Waals surface area (Å²) in [6.07, 6.45) is 0.197. The Morgan fingerprint density at radius 1 is 1.16 bits per heavy atom. The van der Waals surface area contributed by atoms with Crippen molar-refractivity contribution in [3.63, 3.8) is 0 Å². The van der Waals surface area contributed by atoms with Gasteiger partial charge in [-0.1, -0.05) is 12.1 Å². The predicted octanol–water partition coefficient (Wildman–Crippen LogP) is 3.40. The Balaban J connectivity index is 1.91. The first-order valence-corrected chi connectivity index (χ1v) is 7.95. The summed E-state index contributed by atoms with van der Waals surface area (Å²) in [4.78, 5) is 25.1. The highest BCUT2D eigenvalue weighted by Gasteiger charge is 2.48. The lowest BCUT2D eigenvalue weighted by molar-refractivity contribution is -0.138. The molecule has 0 spiro atoms. The van der Waals surface area contributed by atoms with Crippen molar-refractivity contribution in [2.24, 2.45) is 5.92 Å². The van der Waals surface area contributed by atoms with E-state index in [4.69, 9.17) is 9.84 Å². The van der Waals surface area contributed by atoms with Crippen molar-refractivity contribution < 1.29 is 23.8 Å². The molecule has 130 valence electrons. The number of β-lactam (4-membered cyclic amide) rings is 1. The van der Waals surface area contributed by atoms with Crippen LogP contribution in [0, 0.1) is 11.7 Å². The van der Waals surface area contributed by atoms with Crippen LogP contribution < -0.4 is 9.64 Å². The molecule has 0 radical (unpaired) electrons. The number of halogens is 1. The van der Waals surface area contributed by atoms with Crippen LogP contribution in [0.5, 0.6) is 5.75 Å². The van der Waals surface area contributed by atoms with E-state index in [1.54, 1.807) is 36.3 Å². The zero-order chi connectivity index (χ0) is 18.0. The second-order valence-electron chi connectivity index (χ2n) is 5.94. The first-order valence-electron chi connectivity index (χ1n) is 7.95. The monoisotopic (exact) mass is 343 g/mol. The highest BCUT2D eigenvalue weighted by molar-refractivity contribution is 6.03. The summed E-state index contributed by atoms with van der Waals surface area (Å²) in [5.41, 5.74) is 1.49. The van der Waals surface area contributed by atoms with Gasteiger partial charge < -0.3 is 14.7 Å². The molecule has 0 saturated carbocycles. The molecule has 1 aliphatic heterocycles. The minimum Gasteiger partial charge on any atom is -0.497 e. The fraction of sp³-hybridized carbons (Fsp3) is 0.263. The number of carbonyl (C=O) groups excluding carboxylic acids is 1. The van der Waals surface area contributed by atoms with Gasteiger partial charge in [0, 0.05) is 12.1 Å². The molecule has 6 heteroatoms. The van der Waals surface area contributed by atoms with Crippen LogP contribution in [-0.4, -0.2) is 24.1 Å². The smallest absolute Gasteiger partial charge is 0.303 e. The average Bonchev–Trinajstić information content (AvgIpc) is 2.61. The summed E-state index contributed by atoms with van der Waals surface area (Å²) >= 11 is 0. The van der Waals surface area contributed by atoms with E-state index in [1.807, 2.05) is 12.1 Å². The van der Waals surface area contributed by atoms with E-state index in [-0.39, 0.29) is 30.6 Å². The minimum absolute atomic E-state index is 0.0691. The zero-order valence-electron chi connectivity index (χ0n) is 13.7. The minimum atomic E-state index is -0.929. The Bertz CT molecular complexity index is 773. The number of aliphatic carboxylic acids is 1. The van der Waals surface area contributed by atoms with Crippen LogP contribution >= 0.6 is 0 Å². The molecule has 1 aliphatic rings. The Morgan fingerprint density at radius 2 is 1.80 bits per heavy atom. The number of hydrogen-bond donors (Lipinski definition) is 1. The van der Waals surface area contributed by atoms with Crippen LogP contribution in [-0.2, 0) is 9.59 Å². The molecule has 1 amide bonds. The Morgan fingerprint density at radius 3 is 2.36 bits per heavy atom. The highest BCUT2D eigenvalue weighted by Crippen LogP contribution is 2.45. The summed E-state index contributed by atoms with van der Waals surface area (Å²) in [7, 11) is 1.57. The fourth-order valence-corrected chi connectivity index (χ4v) is 3.18. The highest BCUT2D eigenvalue weighted by atomic mass is 19.1. The van der Waals surface area contributed by atoms with Crippen LogP contribution in [0.1, 0.15) is 24.4 Å². The molecule has 25 heavy (non-hydrogen) atoms. The van der Waals surface area contributed by atoms with Gasteiger partial charge in [-0.2, -0.15) is 0 Å². The van der Waals surface area contributed by atoms with E-state index in [0.717, 1.165) is 5.56 Å². The van der Waals surface area contributed by atoms with Gasteiger partial charge in [0.1, 0.15) is 11.6 Å². The average molecular weight is 343 g/mol. The molecule has 0 aromatic heterocycles. The number of rotatable bonds is 6. The zero-order valence-corrected chi connectivity index (χ0v) is 13.7. The van der Waals surface area contributed by atoms with Crippen LogP contribution in [0.15, 0.2) is 48.5 Å². The third-order valence-electron chi connectivity index (χ3n) is 4.45. The van der Waals surface area contributed by atoms with Gasteiger partial charge in [-0.3, -0.25) is 9.59 Å². The number of carbonyl (C=O) groups is 2. The standard InChI is InChI=1S/C19H18FNO4/c1-25-15-8-2-12(3-9-15)18-16(10-11-17(22)23)19(24)21(18)14-6-4-13(20)5-7-14/h2-9,16,18H,10-11H2,1H3,(H,22,23)/t16-,18-/m1/s1. The Kier molecular flexibility index (Phi) is 4.70. The fourth-order valence-electron chi connectivity index (χ4n) is 3.18. The summed E-state index contributed by atoms with van der Waals surface area (Å²) in [5, 5.41) is 8.92. The van der Waals surface area contributed by atoms with Crippen molar-refractivity contribution in [1.82, 2.24) is 0 Å². The number of hydrogen-bond acceptors (Lipinski definition) is 3. The number of carboxylic acid groups (broad SMARTS) is 1. The lowest BCUT2D eigenvalue weighted by Gasteiger charge is -2.47. The molecule has 5 nitrogen and oxygen atoms in total. The SMILES string of the molecule is COc1ccc([C@@H]2[C@@H](CCC(=O)O)C(=O)N2c2ccc(F)cc2)cc1. The van der Waals surface area contributed by atoms with E-state index >= 15 is 0 Å². The molecule has 2 aromatic rings. The number of benzene rings is 2. The lowest BCUT2D eigenvalue weighted by Crippen LogP contribution is -2.55. The first kappa shape index (κ1) is 17.0. The number of amides is 1. The summed E-state index contributed by atoms with van der Waals surface area (Å²) < 4.78 is 18.3. The molecule has 2 aromatic carbocycles. The predicted molar refractivity (Wildman–Crippen MR) is 90.0 cm³/mol. The van der Waals surface area contributed by atoms with Crippen molar-refractivity contribution in [3.05, 3.63) is 59.9 Å². The molecule has 3 rings (SSSR count). The van der Waals surface area contributed by atoms with E-state index in [0.29, 0.717) is 11.4 Å². The number of nitrogens with zero attached hydrogens (tertiary/aromatic N) is 1. The van der Waals surface area contributed by atoms with E-state index < -0.39 is 11.9 Å². The van der Waals surface area contributed by atoms with E-state index in [1.165, 1.54) is 12.1 Å². The number of anilines is 1. The Labute approximate surface area is 144 Å². The summed E-state index contributed by atoms with van der Waals surface area (Å²) in [5.74, 6) is -1.16. The van der Waals surface area contributed by atoms with Gasteiger partial charge >= 0.3 is 5.97 Å². The van der Waals surface area contributed by atoms with Crippen molar-refractivity contribution in [1.29, 1.82) is 0 Å². The van der Waals surface area contributed by atoms with Crippen LogP contribution in [0.2, 0.25) is 0 Å². The van der Waals surface area contributed by atoms with E-state index in [9.17, 15) is 14.0 Å². The lowest BCUT2D eigenvalue weighted by atomic mass is 9.79. The van der Waals surface area contributed by atoms with Gasteiger partial charge in [-0.25, -0.2) is 4.39 Å². The molecule has 2 atom stereocenters. The van der Waals surface area contributed by atoms with Crippen molar-refractivity contribution in [2.45, 2.75) is 18.9 Å². The molecule has 0 unspecified atom stereocenters. The molecular formula is C19H18FNO4. The van der Waals surface area contributed by atoms with Crippen LogP contribution in [0.3, 0.4) is 0 Å². The second kappa shape index (κ2) is 6.93. The Hall–Kier alpha value is -2.89. The molecule has 0 aliphatic carbocycles. The molecule has 0 bridgehead atoms. The van der Waals surface area contributed by atoms with Gasteiger partial charge in [-0.15, -0.1) is 0 Å². The van der Waals surface area contributed by atoms with Crippen molar-refractivity contribution >= 4 is 17.6 Å².